The van der Waals surface area contributed by atoms with Crippen molar-refractivity contribution in [3.8, 4) is 0 Å². The maximum Gasteiger partial charge on any atom is 0.274 e. The van der Waals surface area contributed by atoms with Crippen LogP contribution >= 0.6 is 0 Å². The molecule has 1 heterocycles. The summed E-state index contributed by atoms with van der Waals surface area (Å²) >= 11 is 0. The van der Waals surface area contributed by atoms with Gasteiger partial charge in [-0.2, -0.15) is 0 Å². The van der Waals surface area contributed by atoms with E-state index in [1.165, 1.54) is 0 Å². The van der Waals surface area contributed by atoms with Crippen LogP contribution in [0.25, 0.3) is 0 Å². The Morgan fingerprint density at radius 3 is 2.53 bits per heavy atom. The van der Waals surface area contributed by atoms with Gasteiger partial charge >= 0.3 is 0 Å². The Bertz CT molecular complexity index is 235. The van der Waals surface area contributed by atoms with Gasteiger partial charge in [-0.3, -0.25) is 0 Å². The molecule has 86 valence electrons. The maximum absolute atomic E-state index is 5.41. The van der Waals surface area contributed by atoms with Gasteiger partial charge in [0.1, 0.15) is 19.8 Å². The number of methoxy groups -OCH3 is 1. The predicted molar refractivity (Wildman–Crippen MR) is 55.9 cm³/mol. The van der Waals surface area contributed by atoms with E-state index in [9.17, 15) is 0 Å². The van der Waals surface area contributed by atoms with E-state index in [0.29, 0.717) is 31.7 Å². The Morgan fingerprint density at radius 2 is 2.07 bits per heavy atom. The maximum atomic E-state index is 5.41. The molecule has 0 spiro atoms. The van der Waals surface area contributed by atoms with Crippen LogP contribution in [0, 0.1) is 5.92 Å². The van der Waals surface area contributed by atoms with Crippen molar-refractivity contribution in [3.63, 3.8) is 0 Å². The lowest BCUT2D eigenvalue weighted by Gasteiger charge is -2.25. The lowest BCUT2D eigenvalue weighted by Crippen LogP contribution is -2.26. The molecule has 4 nitrogen and oxygen atoms in total. The summed E-state index contributed by atoms with van der Waals surface area (Å²) in [5, 5.41) is 0. The average Bonchev–Trinajstić information content (AvgIpc) is 2.31. The minimum Gasteiger partial charge on any atom is -0.469 e. The fraction of sp³-hybridized carbons (Fsp3) is 0.636. The monoisotopic (exact) mass is 214 g/mol. The molecule has 0 N–H and O–H groups in total. The van der Waals surface area contributed by atoms with Crippen LogP contribution < -0.4 is 0 Å². The highest BCUT2D eigenvalue weighted by Crippen LogP contribution is 2.15. The molecule has 1 aliphatic rings. The lowest BCUT2D eigenvalue weighted by atomic mass is 10.2. The third-order valence-corrected chi connectivity index (χ3v) is 2.06. The van der Waals surface area contributed by atoms with Gasteiger partial charge in [-0.1, -0.05) is 0 Å². The smallest absolute Gasteiger partial charge is 0.274 e. The molecule has 0 unspecified atom stereocenters. The molecular weight excluding hydrogens is 196 g/mol. The van der Waals surface area contributed by atoms with Crippen molar-refractivity contribution in [2.75, 3.05) is 26.9 Å². The van der Waals surface area contributed by atoms with Gasteiger partial charge in [0.2, 0.25) is 0 Å². The highest BCUT2D eigenvalue weighted by Gasteiger charge is 2.19. The van der Waals surface area contributed by atoms with Crippen molar-refractivity contribution >= 4 is 0 Å². The van der Waals surface area contributed by atoms with E-state index in [4.69, 9.17) is 18.9 Å². The zero-order chi connectivity index (χ0) is 11.1. The first-order chi connectivity index (χ1) is 7.30. The second kappa shape index (κ2) is 6.22. The van der Waals surface area contributed by atoms with Gasteiger partial charge in [-0.05, 0) is 26.0 Å². The van der Waals surface area contributed by atoms with E-state index in [0.717, 1.165) is 0 Å². The summed E-state index contributed by atoms with van der Waals surface area (Å²) in [6.07, 6.45) is 3.59. The first-order valence-corrected chi connectivity index (χ1v) is 5.05. The Morgan fingerprint density at radius 1 is 1.40 bits per heavy atom. The fourth-order valence-electron chi connectivity index (χ4n) is 1.21. The van der Waals surface area contributed by atoms with Gasteiger partial charge in [0.15, 0.2) is 0 Å². The van der Waals surface area contributed by atoms with Crippen molar-refractivity contribution in [1.29, 1.82) is 0 Å². The molecule has 15 heavy (non-hydrogen) atoms. The summed E-state index contributed by atoms with van der Waals surface area (Å²) in [5.41, 5.74) is 0. The summed E-state index contributed by atoms with van der Waals surface area (Å²) in [4.78, 5) is 0. The van der Waals surface area contributed by atoms with Crippen molar-refractivity contribution in [3.05, 3.63) is 24.0 Å². The van der Waals surface area contributed by atoms with E-state index in [-0.39, 0.29) is 5.92 Å². The van der Waals surface area contributed by atoms with Crippen molar-refractivity contribution in [2.45, 2.75) is 13.8 Å². The van der Waals surface area contributed by atoms with Gasteiger partial charge in [-0.15, -0.1) is 0 Å². The number of rotatable bonds is 4. The molecule has 0 aromatic rings. The standard InChI is InChI=1S/C11H18O4/c1-4-10(12-3)13-6-9-7-14-11(5-2)15-8-9/h4-5,9H,6-8H2,1-3H3. The summed E-state index contributed by atoms with van der Waals surface area (Å²) in [6, 6.07) is 0. The van der Waals surface area contributed by atoms with Crippen molar-refractivity contribution < 1.29 is 18.9 Å². The molecule has 0 radical (unpaired) electrons. The molecule has 1 aliphatic heterocycles. The predicted octanol–water partition coefficient (Wildman–Crippen LogP) is 2.04. The van der Waals surface area contributed by atoms with E-state index >= 15 is 0 Å². The fourth-order valence-corrected chi connectivity index (χ4v) is 1.21. The Labute approximate surface area is 90.5 Å². The quantitative estimate of drug-likeness (QED) is 0.671. The normalized spacial score (nSPS) is 21.4. The van der Waals surface area contributed by atoms with E-state index in [2.05, 4.69) is 0 Å². The van der Waals surface area contributed by atoms with Crippen LogP contribution in [-0.2, 0) is 18.9 Å². The van der Waals surface area contributed by atoms with Gasteiger partial charge in [0.05, 0.1) is 13.0 Å². The van der Waals surface area contributed by atoms with Crippen LogP contribution in [0.15, 0.2) is 24.0 Å². The van der Waals surface area contributed by atoms with Crippen LogP contribution in [0.2, 0.25) is 0 Å². The van der Waals surface area contributed by atoms with Crippen molar-refractivity contribution in [2.24, 2.45) is 5.92 Å². The molecule has 1 saturated heterocycles. The first-order valence-electron chi connectivity index (χ1n) is 5.05. The molecule has 0 atom stereocenters. The Balaban J connectivity index is 2.24. The second-order valence-electron chi connectivity index (χ2n) is 3.22. The summed E-state index contributed by atoms with van der Waals surface area (Å²) in [7, 11) is 1.58. The minimum absolute atomic E-state index is 0.249. The lowest BCUT2D eigenvalue weighted by molar-refractivity contribution is -0.0765. The van der Waals surface area contributed by atoms with E-state index in [1.807, 2.05) is 19.9 Å². The molecule has 4 heteroatoms. The Hall–Kier alpha value is -1.32. The highest BCUT2D eigenvalue weighted by molar-refractivity contribution is 4.84. The molecule has 1 fully saturated rings. The topological polar surface area (TPSA) is 36.9 Å². The van der Waals surface area contributed by atoms with Gasteiger partial charge in [0, 0.05) is 0 Å². The highest BCUT2D eigenvalue weighted by atomic mass is 16.7. The molecule has 0 aromatic heterocycles. The summed E-state index contributed by atoms with van der Waals surface area (Å²) in [5.74, 6) is 1.38. The number of ether oxygens (including phenoxy) is 4. The van der Waals surface area contributed by atoms with Crippen LogP contribution in [0.5, 0.6) is 0 Å². The zero-order valence-electron chi connectivity index (χ0n) is 9.49. The molecule has 0 bridgehead atoms. The number of allylic oxidation sites excluding steroid dienone is 2. The average molecular weight is 214 g/mol. The Kier molecular flexibility index (Phi) is 4.87. The minimum atomic E-state index is 0.249. The van der Waals surface area contributed by atoms with Crippen LogP contribution in [-0.4, -0.2) is 26.9 Å². The number of hydrogen-bond donors (Lipinski definition) is 0. The van der Waals surface area contributed by atoms with Gasteiger partial charge in [-0.25, -0.2) is 0 Å². The SMILES string of the molecule is CC=C(OC)OCC1COC(=CC)OC1. The van der Waals surface area contributed by atoms with E-state index < -0.39 is 0 Å². The third-order valence-electron chi connectivity index (χ3n) is 2.06. The molecule has 0 aromatic carbocycles. The zero-order valence-corrected chi connectivity index (χ0v) is 9.49. The van der Waals surface area contributed by atoms with Crippen LogP contribution in [0.4, 0.5) is 0 Å². The van der Waals surface area contributed by atoms with E-state index in [1.54, 1.807) is 13.2 Å². The van der Waals surface area contributed by atoms with Gasteiger partial charge < -0.3 is 18.9 Å². The van der Waals surface area contributed by atoms with Gasteiger partial charge in [0.25, 0.3) is 11.9 Å². The van der Waals surface area contributed by atoms with Crippen LogP contribution in [0.1, 0.15) is 13.8 Å². The molecule has 0 amide bonds. The first kappa shape index (κ1) is 11.8. The summed E-state index contributed by atoms with van der Waals surface area (Å²) in [6.45, 7) is 5.55. The molecule has 1 rings (SSSR count). The third kappa shape index (κ3) is 3.73. The number of hydrogen-bond acceptors (Lipinski definition) is 4. The largest absolute Gasteiger partial charge is 0.469 e. The second-order valence-corrected chi connectivity index (χ2v) is 3.22. The van der Waals surface area contributed by atoms with Crippen molar-refractivity contribution in [1.82, 2.24) is 0 Å². The molecule has 0 saturated carbocycles. The molecular formula is C11H18O4. The molecule has 0 aliphatic carbocycles. The van der Waals surface area contributed by atoms with Crippen LogP contribution in [0.3, 0.4) is 0 Å². The summed E-state index contributed by atoms with van der Waals surface area (Å²) < 4.78 is 21.1.